The van der Waals surface area contributed by atoms with Crippen molar-refractivity contribution in [3.8, 4) is 0 Å². The van der Waals surface area contributed by atoms with Gasteiger partial charge < -0.3 is 19.9 Å². The molecule has 1 aliphatic heterocycles. The maximum absolute atomic E-state index is 12.3. The van der Waals surface area contributed by atoms with Gasteiger partial charge in [0.2, 0.25) is 0 Å². The first-order valence-corrected chi connectivity index (χ1v) is 8.36. The van der Waals surface area contributed by atoms with Crippen LogP contribution < -0.4 is 5.32 Å². The number of rotatable bonds is 6. The molecule has 0 bridgehead atoms. The number of carbonyl (C=O) groups excluding carboxylic acids is 1. The van der Waals surface area contributed by atoms with Gasteiger partial charge in [0.25, 0.3) is 0 Å². The SMILES string of the molecule is CCNC1(C(=O)OC)CCCC1CCN1CCN(C)CC1. The third kappa shape index (κ3) is 3.76. The summed E-state index contributed by atoms with van der Waals surface area (Å²) in [6.45, 7) is 8.59. The normalized spacial score (nSPS) is 31.5. The maximum atomic E-state index is 12.3. The standard InChI is InChI=1S/C16H31N3O2/c1-4-17-16(15(20)21-3)8-5-6-14(16)7-9-19-12-10-18(2)11-13-19/h14,17H,4-13H2,1-3H3. The molecular weight excluding hydrogens is 266 g/mol. The highest BCUT2D eigenvalue weighted by molar-refractivity contribution is 5.81. The summed E-state index contributed by atoms with van der Waals surface area (Å²) in [7, 11) is 3.69. The van der Waals surface area contributed by atoms with E-state index in [1.807, 2.05) is 0 Å². The summed E-state index contributed by atoms with van der Waals surface area (Å²) in [5.41, 5.74) is -0.434. The zero-order chi connectivity index (χ0) is 15.3. The van der Waals surface area contributed by atoms with Gasteiger partial charge >= 0.3 is 5.97 Å². The van der Waals surface area contributed by atoms with Gasteiger partial charge in [0.1, 0.15) is 5.54 Å². The molecule has 0 amide bonds. The van der Waals surface area contributed by atoms with Crippen LogP contribution in [0.15, 0.2) is 0 Å². The quantitative estimate of drug-likeness (QED) is 0.740. The molecule has 2 rings (SSSR count). The van der Waals surface area contributed by atoms with Gasteiger partial charge in [-0.2, -0.15) is 0 Å². The number of hydrogen-bond donors (Lipinski definition) is 1. The zero-order valence-electron chi connectivity index (χ0n) is 13.9. The highest BCUT2D eigenvalue weighted by Gasteiger charge is 2.49. The number of ether oxygens (including phenoxy) is 1. The molecule has 5 heteroatoms. The van der Waals surface area contributed by atoms with Crippen LogP contribution >= 0.6 is 0 Å². The number of esters is 1. The van der Waals surface area contributed by atoms with E-state index in [-0.39, 0.29) is 5.97 Å². The fraction of sp³-hybridized carbons (Fsp3) is 0.938. The Morgan fingerprint density at radius 2 is 2.05 bits per heavy atom. The van der Waals surface area contributed by atoms with Crippen LogP contribution in [-0.4, -0.2) is 74.7 Å². The van der Waals surface area contributed by atoms with Gasteiger partial charge in [0.15, 0.2) is 0 Å². The monoisotopic (exact) mass is 297 g/mol. The molecule has 2 fully saturated rings. The van der Waals surface area contributed by atoms with Crippen molar-refractivity contribution in [2.75, 3.05) is 53.4 Å². The average molecular weight is 297 g/mol. The Labute approximate surface area is 129 Å². The molecule has 1 heterocycles. The summed E-state index contributed by atoms with van der Waals surface area (Å²) < 4.78 is 5.10. The first-order chi connectivity index (χ1) is 10.1. The highest BCUT2D eigenvalue weighted by Crippen LogP contribution is 2.39. The molecule has 0 aromatic heterocycles. The Morgan fingerprint density at radius 3 is 2.67 bits per heavy atom. The van der Waals surface area contributed by atoms with Crippen molar-refractivity contribution >= 4 is 5.97 Å². The van der Waals surface area contributed by atoms with Crippen LogP contribution in [0.25, 0.3) is 0 Å². The van der Waals surface area contributed by atoms with Crippen LogP contribution in [-0.2, 0) is 9.53 Å². The van der Waals surface area contributed by atoms with E-state index in [2.05, 4.69) is 29.1 Å². The van der Waals surface area contributed by atoms with Crippen molar-refractivity contribution in [1.29, 1.82) is 0 Å². The second-order valence-corrected chi connectivity index (χ2v) is 6.52. The molecule has 2 aliphatic rings. The van der Waals surface area contributed by atoms with Gasteiger partial charge in [0, 0.05) is 26.2 Å². The summed E-state index contributed by atoms with van der Waals surface area (Å²) in [5, 5.41) is 3.45. The summed E-state index contributed by atoms with van der Waals surface area (Å²) >= 11 is 0. The van der Waals surface area contributed by atoms with E-state index in [4.69, 9.17) is 4.74 Å². The molecule has 1 aliphatic carbocycles. The molecule has 21 heavy (non-hydrogen) atoms. The van der Waals surface area contributed by atoms with Gasteiger partial charge in [-0.1, -0.05) is 13.3 Å². The van der Waals surface area contributed by atoms with E-state index in [0.717, 1.165) is 65.0 Å². The van der Waals surface area contributed by atoms with Gasteiger partial charge in [-0.15, -0.1) is 0 Å². The van der Waals surface area contributed by atoms with E-state index >= 15 is 0 Å². The molecule has 1 saturated carbocycles. The van der Waals surface area contributed by atoms with Crippen molar-refractivity contribution in [3.05, 3.63) is 0 Å². The topological polar surface area (TPSA) is 44.8 Å². The van der Waals surface area contributed by atoms with E-state index in [1.54, 1.807) is 0 Å². The van der Waals surface area contributed by atoms with E-state index < -0.39 is 5.54 Å². The first kappa shape index (κ1) is 16.7. The third-order valence-electron chi connectivity index (χ3n) is 5.25. The number of likely N-dealkylation sites (N-methyl/N-ethyl adjacent to an activating group) is 2. The van der Waals surface area contributed by atoms with E-state index in [1.165, 1.54) is 7.11 Å². The molecule has 2 atom stereocenters. The fourth-order valence-electron chi connectivity index (χ4n) is 3.95. The van der Waals surface area contributed by atoms with Crippen molar-refractivity contribution < 1.29 is 9.53 Å². The van der Waals surface area contributed by atoms with Crippen LogP contribution in [0.2, 0.25) is 0 Å². The maximum Gasteiger partial charge on any atom is 0.326 e. The number of nitrogens with one attached hydrogen (secondary N) is 1. The average Bonchev–Trinajstić information content (AvgIpc) is 2.90. The second-order valence-electron chi connectivity index (χ2n) is 6.52. The van der Waals surface area contributed by atoms with Crippen LogP contribution in [0.5, 0.6) is 0 Å². The van der Waals surface area contributed by atoms with Crippen molar-refractivity contribution in [2.45, 2.75) is 38.1 Å². The Kier molecular flexibility index (Phi) is 6.02. The van der Waals surface area contributed by atoms with Crippen LogP contribution in [0.4, 0.5) is 0 Å². The summed E-state index contributed by atoms with van der Waals surface area (Å²) in [5.74, 6) is 0.342. The molecule has 0 spiro atoms. The lowest BCUT2D eigenvalue weighted by molar-refractivity contribution is -0.150. The minimum absolute atomic E-state index is 0.0646. The number of carbonyl (C=O) groups is 1. The largest absolute Gasteiger partial charge is 0.468 e. The summed E-state index contributed by atoms with van der Waals surface area (Å²) in [4.78, 5) is 17.2. The number of piperazine rings is 1. The second kappa shape index (κ2) is 7.56. The van der Waals surface area contributed by atoms with Gasteiger partial charge in [0.05, 0.1) is 7.11 Å². The number of nitrogens with zero attached hydrogens (tertiary/aromatic N) is 2. The van der Waals surface area contributed by atoms with Crippen molar-refractivity contribution in [1.82, 2.24) is 15.1 Å². The molecule has 1 saturated heterocycles. The zero-order valence-corrected chi connectivity index (χ0v) is 13.9. The smallest absolute Gasteiger partial charge is 0.326 e. The molecule has 122 valence electrons. The fourth-order valence-corrected chi connectivity index (χ4v) is 3.95. The Balaban J connectivity index is 1.92. The van der Waals surface area contributed by atoms with Crippen molar-refractivity contribution in [2.24, 2.45) is 5.92 Å². The molecule has 2 unspecified atom stereocenters. The summed E-state index contributed by atoms with van der Waals surface area (Å²) in [6.07, 6.45) is 4.26. The predicted octanol–water partition coefficient (Wildman–Crippen LogP) is 0.945. The first-order valence-electron chi connectivity index (χ1n) is 8.36. The van der Waals surface area contributed by atoms with E-state index in [0.29, 0.717) is 5.92 Å². The summed E-state index contributed by atoms with van der Waals surface area (Å²) in [6, 6.07) is 0. The highest BCUT2D eigenvalue weighted by atomic mass is 16.5. The van der Waals surface area contributed by atoms with Crippen LogP contribution in [0.3, 0.4) is 0 Å². The molecule has 0 aromatic rings. The van der Waals surface area contributed by atoms with Crippen molar-refractivity contribution in [3.63, 3.8) is 0 Å². The van der Waals surface area contributed by atoms with Gasteiger partial charge in [-0.25, -0.2) is 0 Å². The van der Waals surface area contributed by atoms with Crippen LogP contribution in [0.1, 0.15) is 32.6 Å². The lowest BCUT2D eigenvalue weighted by Gasteiger charge is -2.36. The minimum atomic E-state index is -0.434. The van der Waals surface area contributed by atoms with Gasteiger partial charge in [-0.3, -0.25) is 4.79 Å². The Morgan fingerprint density at radius 1 is 1.33 bits per heavy atom. The molecular formula is C16H31N3O2. The Hall–Kier alpha value is -0.650. The van der Waals surface area contributed by atoms with E-state index in [9.17, 15) is 4.79 Å². The minimum Gasteiger partial charge on any atom is -0.468 e. The lowest BCUT2D eigenvalue weighted by Crippen LogP contribution is -2.56. The predicted molar refractivity (Wildman–Crippen MR) is 84.3 cm³/mol. The number of hydrogen-bond acceptors (Lipinski definition) is 5. The lowest BCUT2D eigenvalue weighted by atomic mass is 9.84. The van der Waals surface area contributed by atoms with Gasteiger partial charge in [-0.05, 0) is 45.3 Å². The van der Waals surface area contributed by atoms with Crippen LogP contribution in [0, 0.1) is 5.92 Å². The molecule has 1 N–H and O–H groups in total. The third-order valence-corrected chi connectivity index (χ3v) is 5.25. The molecule has 0 aromatic carbocycles. The number of methoxy groups -OCH3 is 1. The Bertz CT molecular complexity index is 342. The molecule has 0 radical (unpaired) electrons. The molecule has 5 nitrogen and oxygen atoms in total.